The molecule has 6 heteroatoms. The van der Waals surface area contributed by atoms with Crippen LogP contribution in [-0.4, -0.2) is 36.9 Å². The van der Waals surface area contributed by atoms with Gasteiger partial charge >= 0.3 is 11.8 Å². The summed E-state index contributed by atoms with van der Waals surface area (Å²) >= 11 is 0. The van der Waals surface area contributed by atoms with Crippen molar-refractivity contribution in [1.82, 2.24) is 5.32 Å². The third-order valence-corrected chi connectivity index (χ3v) is 4.85. The molecule has 1 aromatic rings. The fraction of sp³-hybridized carbons (Fsp3) is 0.579. The summed E-state index contributed by atoms with van der Waals surface area (Å²) < 4.78 is 11.8. The first-order valence-corrected chi connectivity index (χ1v) is 9.10. The van der Waals surface area contributed by atoms with Gasteiger partial charge in [0.05, 0.1) is 6.61 Å². The van der Waals surface area contributed by atoms with Crippen molar-refractivity contribution in [1.29, 1.82) is 0 Å². The van der Waals surface area contributed by atoms with E-state index in [1.807, 2.05) is 12.1 Å². The number of rotatable bonds is 4. The molecule has 2 aliphatic rings. The maximum absolute atomic E-state index is 12.0. The summed E-state index contributed by atoms with van der Waals surface area (Å²) in [5, 5.41) is 5.24. The van der Waals surface area contributed by atoms with Crippen LogP contribution < -0.4 is 10.6 Å². The number of amides is 2. The zero-order chi connectivity index (χ0) is 17.7. The van der Waals surface area contributed by atoms with Gasteiger partial charge in [0.25, 0.3) is 0 Å². The summed E-state index contributed by atoms with van der Waals surface area (Å²) in [5.41, 5.74) is 1.79. The Morgan fingerprint density at radius 1 is 1.12 bits per heavy atom. The maximum atomic E-state index is 12.0. The lowest BCUT2D eigenvalue weighted by Gasteiger charge is -2.31. The second-order valence-corrected chi connectivity index (χ2v) is 6.74. The van der Waals surface area contributed by atoms with Crippen LogP contribution in [0.2, 0.25) is 0 Å². The van der Waals surface area contributed by atoms with Gasteiger partial charge in [-0.05, 0) is 37.0 Å². The average molecular weight is 346 g/mol. The summed E-state index contributed by atoms with van der Waals surface area (Å²) in [7, 11) is 0. The van der Waals surface area contributed by atoms with Gasteiger partial charge in [-0.2, -0.15) is 0 Å². The molecular weight excluding hydrogens is 320 g/mol. The van der Waals surface area contributed by atoms with Crippen LogP contribution in [0, 0.1) is 0 Å². The van der Waals surface area contributed by atoms with Crippen LogP contribution in [0.1, 0.15) is 44.6 Å². The lowest BCUT2D eigenvalue weighted by Crippen LogP contribution is -2.41. The summed E-state index contributed by atoms with van der Waals surface area (Å²) in [5.74, 6) is -1.79. The minimum atomic E-state index is -0.671. The molecule has 1 spiro atoms. The molecule has 1 atom stereocenters. The second kappa shape index (κ2) is 7.97. The predicted octanol–water partition coefficient (Wildman–Crippen LogP) is 2.38. The van der Waals surface area contributed by atoms with Crippen molar-refractivity contribution in [3.05, 3.63) is 29.8 Å². The lowest BCUT2D eigenvalue weighted by atomic mass is 9.94. The Balaban J connectivity index is 1.43. The Morgan fingerprint density at radius 3 is 2.52 bits per heavy atom. The van der Waals surface area contributed by atoms with Crippen molar-refractivity contribution in [3.8, 4) is 0 Å². The Kier molecular flexibility index (Phi) is 5.71. The van der Waals surface area contributed by atoms with Crippen LogP contribution >= 0.6 is 0 Å². The van der Waals surface area contributed by atoms with Gasteiger partial charge in [0, 0.05) is 25.1 Å². The molecule has 0 bridgehead atoms. The van der Waals surface area contributed by atoms with Gasteiger partial charge in [0.1, 0.15) is 6.10 Å². The van der Waals surface area contributed by atoms with Crippen LogP contribution in [0.4, 0.5) is 5.69 Å². The number of carbonyl (C=O) groups excluding carboxylic acids is 2. The Morgan fingerprint density at radius 2 is 1.84 bits per heavy atom. The van der Waals surface area contributed by atoms with Crippen LogP contribution in [0.25, 0.3) is 0 Å². The first-order chi connectivity index (χ1) is 12.1. The van der Waals surface area contributed by atoms with E-state index in [1.54, 1.807) is 12.1 Å². The first-order valence-electron chi connectivity index (χ1n) is 9.10. The minimum absolute atomic E-state index is 0.196. The largest absolute Gasteiger partial charge is 0.347 e. The molecule has 1 heterocycles. The average Bonchev–Trinajstić information content (AvgIpc) is 3.03. The number of carbonyl (C=O) groups is 2. The number of benzene rings is 1. The monoisotopic (exact) mass is 346 g/mol. The highest BCUT2D eigenvalue weighted by molar-refractivity contribution is 6.39. The number of hydrogen-bond donors (Lipinski definition) is 2. The Bertz CT molecular complexity index is 608. The number of aryl methyl sites for hydroxylation is 1. The van der Waals surface area contributed by atoms with Crippen LogP contribution in [0.15, 0.2) is 24.3 Å². The van der Waals surface area contributed by atoms with E-state index in [-0.39, 0.29) is 12.6 Å². The molecule has 1 aliphatic heterocycles. The van der Waals surface area contributed by atoms with Gasteiger partial charge in [-0.25, -0.2) is 0 Å². The van der Waals surface area contributed by atoms with Crippen molar-refractivity contribution in [3.63, 3.8) is 0 Å². The molecule has 2 fully saturated rings. The standard InChI is InChI=1S/C19H26N2O4/c1-2-14-6-8-15(9-7-14)21-18(23)17(22)20-12-16-13-24-19(25-16)10-4-3-5-11-19/h6-9,16H,2-5,10-13H2,1H3,(H,20,22)(H,21,23). The van der Waals surface area contributed by atoms with E-state index in [0.717, 1.165) is 32.1 Å². The highest BCUT2D eigenvalue weighted by Gasteiger charge is 2.42. The molecule has 6 nitrogen and oxygen atoms in total. The Labute approximate surface area is 148 Å². The van der Waals surface area contributed by atoms with Crippen LogP contribution in [0.5, 0.6) is 0 Å². The van der Waals surface area contributed by atoms with Crippen molar-refractivity contribution in [2.45, 2.75) is 57.3 Å². The maximum Gasteiger partial charge on any atom is 0.313 e. The van der Waals surface area contributed by atoms with Gasteiger partial charge in [-0.3, -0.25) is 9.59 Å². The molecule has 3 rings (SSSR count). The summed E-state index contributed by atoms with van der Waals surface area (Å²) in [6.07, 6.45) is 5.99. The number of anilines is 1. The summed E-state index contributed by atoms with van der Waals surface area (Å²) in [4.78, 5) is 23.9. The molecule has 2 N–H and O–H groups in total. The van der Waals surface area contributed by atoms with Crippen molar-refractivity contribution in [2.24, 2.45) is 0 Å². The van der Waals surface area contributed by atoms with Crippen molar-refractivity contribution in [2.75, 3.05) is 18.5 Å². The van der Waals surface area contributed by atoms with Crippen LogP contribution in [-0.2, 0) is 25.5 Å². The molecule has 2 amide bonds. The van der Waals surface area contributed by atoms with Crippen molar-refractivity contribution >= 4 is 17.5 Å². The molecule has 0 radical (unpaired) electrons. The zero-order valence-electron chi connectivity index (χ0n) is 14.7. The van der Waals surface area contributed by atoms with E-state index in [2.05, 4.69) is 17.6 Å². The van der Waals surface area contributed by atoms with Gasteiger partial charge in [-0.15, -0.1) is 0 Å². The fourth-order valence-corrected chi connectivity index (χ4v) is 3.37. The lowest BCUT2D eigenvalue weighted by molar-refractivity contribution is -0.186. The van der Waals surface area contributed by atoms with E-state index in [9.17, 15) is 9.59 Å². The van der Waals surface area contributed by atoms with Crippen LogP contribution in [0.3, 0.4) is 0 Å². The van der Waals surface area contributed by atoms with E-state index < -0.39 is 17.6 Å². The van der Waals surface area contributed by atoms with Gasteiger partial charge < -0.3 is 20.1 Å². The minimum Gasteiger partial charge on any atom is -0.347 e. The highest BCUT2D eigenvalue weighted by atomic mass is 16.7. The molecule has 1 aromatic carbocycles. The highest BCUT2D eigenvalue weighted by Crippen LogP contribution is 2.37. The molecular formula is C19H26N2O4. The van der Waals surface area contributed by atoms with Gasteiger partial charge in [0.2, 0.25) is 0 Å². The molecule has 1 saturated carbocycles. The molecule has 136 valence electrons. The number of ether oxygens (including phenoxy) is 2. The molecule has 25 heavy (non-hydrogen) atoms. The third-order valence-electron chi connectivity index (χ3n) is 4.85. The number of hydrogen-bond acceptors (Lipinski definition) is 4. The first kappa shape index (κ1) is 17.9. The zero-order valence-corrected chi connectivity index (χ0v) is 14.7. The predicted molar refractivity (Wildman–Crippen MR) is 94.1 cm³/mol. The quantitative estimate of drug-likeness (QED) is 0.821. The summed E-state index contributed by atoms with van der Waals surface area (Å²) in [6.45, 7) is 2.80. The van der Waals surface area contributed by atoms with Gasteiger partial charge in [-0.1, -0.05) is 25.5 Å². The van der Waals surface area contributed by atoms with Crippen molar-refractivity contribution < 1.29 is 19.1 Å². The van der Waals surface area contributed by atoms with E-state index in [1.165, 1.54) is 12.0 Å². The van der Waals surface area contributed by atoms with E-state index >= 15 is 0 Å². The number of nitrogens with one attached hydrogen (secondary N) is 2. The molecule has 1 aliphatic carbocycles. The Hall–Kier alpha value is -1.92. The summed E-state index contributed by atoms with van der Waals surface area (Å²) in [6, 6.07) is 7.46. The fourth-order valence-electron chi connectivity index (χ4n) is 3.37. The van der Waals surface area contributed by atoms with E-state index in [4.69, 9.17) is 9.47 Å². The third kappa shape index (κ3) is 4.58. The molecule has 0 aromatic heterocycles. The van der Waals surface area contributed by atoms with Gasteiger partial charge in [0.15, 0.2) is 5.79 Å². The molecule has 1 saturated heterocycles. The SMILES string of the molecule is CCc1ccc(NC(=O)C(=O)NCC2COC3(CCCCC3)O2)cc1. The van der Waals surface area contributed by atoms with E-state index in [0.29, 0.717) is 12.3 Å². The normalized spacial score (nSPS) is 21.9. The molecule has 1 unspecified atom stereocenters. The smallest absolute Gasteiger partial charge is 0.313 e. The second-order valence-electron chi connectivity index (χ2n) is 6.74. The topological polar surface area (TPSA) is 76.7 Å².